The molecule has 5 heterocycles. The second-order valence-corrected chi connectivity index (χ2v) is 11.6. The smallest absolute Gasteiger partial charge is 0.355 e. The molecule has 16 heteroatoms. The summed E-state index contributed by atoms with van der Waals surface area (Å²) in [5.41, 5.74) is 6.41. The van der Waals surface area contributed by atoms with Crippen molar-refractivity contribution in [1.82, 2.24) is 15.2 Å². The van der Waals surface area contributed by atoms with E-state index in [1.165, 1.54) is 35.5 Å². The Morgan fingerprint density at radius 3 is 2.75 bits per heavy atom. The first kappa shape index (κ1) is 28.9. The molecule has 0 radical (unpaired) electrons. The highest BCUT2D eigenvalue weighted by Crippen LogP contribution is 2.40. The van der Waals surface area contributed by atoms with Crippen LogP contribution in [-0.2, 0) is 30.6 Å². The molecule has 1 fully saturated rings. The van der Waals surface area contributed by atoms with Crippen LogP contribution < -0.4 is 20.7 Å². The average Bonchev–Trinajstić information content (AvgIpc) is 3.70. The van der Waals surface area contributed by atoms with E-state index in [9.17, 15) is 29.4 Å². The van der Waals surface area contributed by atoms with Crippen LogP contribution in [0.4, 0.5) is 5.13 Å². The number of nitrogens with two attached hydrogens (primary N) is 1. The van der Waals surface area contributed by atoms with E-state index < -0.39 is 47.0 Å². The summed E-state index contributed by atoms with van der Waals surface area (Å²) in [7, 11) is 0. The molecule has 2 amide bonds. The number of oxime groups is 1. The number of amides is 2. The highest BCUT2D eigenvalue weighted by molar-refractivity contribution is 8.00. The first-order chi connectivity index (χ1) is 21.2. The molecule has 0 spiro atoms. The van der Waals surface area contributed by atoms with Gasteiger partial charge in [0.15, 0.2) is 29.3 Å². The van der Waals surface area contributed by atoms with Gasteiger partial charge in [0, 0.05) is 34.2 Å². The second-order valence-electron chi connectivity index (χ2n) is 9.65. The number of β-lactam (4-membered cyclic amide) rings is 1. The number of carboxylic acid groups (broad SMARTS) is 2. The molecular weight excluding hydrogens is 612 g/mol. The summed E-state index contributed by atoms with van der Waals surface area (Å²) in [6, 6.07) is 13.2. The van der Waals surface area contributed by atoms with Gasteiger partial charge in [-0.3, -0.25) is 14.5 Å². The van der Waals surface area contributed by atoms with Crippen LogP contribution in [0.3, 0.4) is 0 Å². The maximum absolute atomic E-state index is 13.4. The van der Waals surface area contributed by atoms with Crippen LogP contribution in [0.5, 0.6) is 0 Å². The molecule has 6 rings (SSSR count). The number of hydrogen-bond acceptors (Lipinski definition) is 12. The topological polar surface area (TPSA) is 204 Å². The third-order valence-electron chi connectivity index (χ3n) is 6.93. The third kappa shape index (κ3) is 5.35. The number of rotatable bonds is 10. The summed E-state index contributed by atoms with van der Waals surface area (Å²) in [5, 5.41) is 29.9. The van der Waals surface area contributed by atoms with Gasteiger partial charge in [-0.1, -0.05) is 17.3 Å². The van der Waals surface area contributed by atoms with Gasteiger partial charge in [-0.2, -0.15) is 4.57 Å². The normalized spacial score (nSPS) is 18.9. The number of furan rings is 1. The lowest BCUT2D eigenvalue weighted by molar-refractivity contribution is -0.663. The van der Waals surface area contributed by atoms with E-state index in [0.29, 0.717) is 5.57 Å². The Morgan fingerprint density at radius 1 is 1.25 bits per heavy atom. The molecule has 0 bridgehead atoms. The van der Waals surface area contributed by atoms with Crippen molar-refractivity contribution < 1.29 is 43.2 Å². The van der Waals surface area contributed by atoms with Gasteiger partial charge < -0.3 is 35.3 Å². The number of thiazole rings is 1. The van der Waals surface area contributed by atoms with Crippen LogP contribution in [0, 0.1) is 0 Å². The molecule has 2 aliphatic rings. The number of carbonyl (C=O) groups is 4. The van der Waals surface area contributed by atoms with Gasteiger partial charge in [-0.25, -0.2) is 9.78 Å². The fourth-order valence-corrected chi connectivity index (χ4v) is 6.82. The van der Waals surface area contributed by atoms with Gasteiger partial charge in [0.05, 0.1) is 17.9 Å². The molecule has 3 aromatic heterocycles. The Morgan fingerprint density at radius 2 is 2.05 bits per heavy atom. The number of benzene rings is 1. The number of carboxylic acids is 2. The Kier molecular flexibility index (Phi) is 7.75. The maximum atomic E-state index is 13.4. The van der Waals surface area contributed by atoms with Crippen LogP contribution in [0.2, 0.25) is 0 Å². The van der Waals surface area contributed by atoms with Crippen molar-refractivity contribution in [2.24, 2.45) is 5.16 Å². The number of thioether (sulfide) groups is 1. The highest BCUT2D eigenvalue weighted by Gasteiger charge is 2.53. The standard InChI is InChI=1S/C28H22N6O8S2/c29-28-30-16(13-44-28)19(32-42-22(27(39)40)18-8-4-10-41-18)23(35)31-20-24(36)34-21(26(37)38)15(12-43-25(20)34)11-33-9-3-6-14-5-1-2-7-17(14)33/h1-10,13,20,22,25H,11-12H2,(H4-,29,30,31,35,37,38,39,40)/b32-19-/t20-,22+,25-/m1/s1. The van der Waals surface area contributed by atoms with Gasteiger partial charge in [0.1, 0.15) is 17.1 Å². The Hall–Kier alpha value is -5.22. The van der Waals surface area contributed by atoms with Gasteiger partial charge in [0.25, 0.3) is 17.9 Å². The van der Waals surface area contributed by atoms with Crippen molar-refractivity contribution in [3.8, 4) is 0 Å². The van der Waals surface area contributed by atoms with Crippen LogP contribution in [-0.4, -0.2) is 61.6 Å². The number of carbonyl (C=O) groups excluding carboxylic acids is 3. The van der Waals surface area contributed by atoms with Gasteiger partial charge in [-0.05, 0) is 24.3 Å². The summed E-state index contributed by atoms with van der Waals surface area (Å²) in [4.78, 5) is 61.1. The van der Waals surface area contributed by atoms with Crippen molar-refractivity contribution in [2.45, 2.75) is 24.1 Å². The minimum Gasteiger partial charge on any atom is -0.543 e. The molecule has 3 atom stereocenters. The maximum Gasteiger partial charge on any atom is 0.355 e. The van der Waals surface area contributed by atoms with Crippen molar-refractivity contribution in [2.75, 3.05) is 11.5 Å². The summed E-state index contributed by atoms with van der Waals surface area (Å²) in [5.74, 6) is -4.31. The molecule has 1 saturated heterocycles. The number of fused-ring (bicyclic) bond motifs is 2. The number of anilines is 1. The van der Waals surface area contributed by atoms with Crippen molar-refractivity contribution in [3.05, 3.63) is 89.1 Å². The summed E-state index contributed by atoms with van der Waals surface area (Å²) in [6.45, 7) is 0.213. The zero-order valence-corrected chi connectivity index (χ0v) is 24.1. The first-order valence-electron chi connectivity index (χ1n) is 13.0. The number of para-hydroxylation sites is 1. The molecule has 2 aliphatic heterocycles. The van der Waals surface area contributed by atoms with Crippen molar-refractivity contribution in [1.29, 1.82) is 0 Å². The van der Waals surface area contributed by atoms with Crippen LogP contribution in [0.15, 0.2) is 87.2 Å². The highest BCUT2D eigenvalue weighted by atomic mass is 32.2. The molecule has 4 aromatic rings. The quantitative estimate of drug-likeness (QED) is 0.0943. The molecule has 4 N–H and O–H groups in total. The molecule has 44 heavy (non-hydrogen) atoms. The molecular formula is C28H22N6O8S2. The van der Waals surface area contributed by atoms with E-state index in [-0.39, 0.29) is 34.6 Å². The number of nitrogens with one attached hydrogen (secondary N) is 1. The van der Waals surface area contributed by atoms with E-state index >= 15 is 0 Å². The van der Waals surface area contributed by atoms with Crippen LogP contribution >= 0.6 is 23.1 Å². The minimum absolute atomic E-state index is 0.0155. The third-order valence-corrected chi connectivity index (χ3v) is 8.94. The fourth-order valence-electron chi connectivity index (χ4n) is 4.93. The molecule has 0 aliphatic carbocycles. The van der Waals surface area contributed by atoms with Crippen molar-refractivity contribution >= 4 is 68.6 Å². The van der Waals surface area contributed by atoms with Crippen LogP contribution in [0.25, 0.3) is 10.9 Å². The zero-order valence-electron chi connectivity index (χ0n) is 22.5. The fraction of sp³-hybridized carbons (Fsp3) is 0.179. The summed E-state index contributed by atoms with van der Waals surface area (Å²) in [6.07, 6.45) is 1.41. The first-order valence-corrected chi connectivity index (χ1v) is 14.9. The molecule has 1 aromatic carbocycles. The van der Waals surface area contributed by atoms with Crippen LogP contribution in [0.1, 0.15) is 17.6 Å². The Bertz CT molecular complexity index is 1850. The SMILES string of the molecule is Nc1nc(/C(=N/O[C@H](C(=O)O)c2ccco2)C(=O)N[C@@H]2C(=O)N3C(C(=O)[O-])=C(C[n+]4cccc5ccccc54)CS[C@H]23)cs1. The lowest BCUT2D eigenvalue weighted by atomic mass is 10.0. The zero-order chi connectivity index (χ0) is 31.0. The predicted molar refractivity (Wildman–Crippen MR) is 154 cm³/mol. The van der Waals surface area contributed by atoms with Gasteiger partial charge >= 0.3 is 5.97 Å². The minimum atomic E-state index is -1.67. The van der Waals surface area contributed by atoms with Crippen molar-refractivity contribution in [3.63, 3.8) is 0 Å². The van der Waals surface area contributed by atoms with E-state index in [0.717, 1.165) is 27.1 Å². The molecule has 224 valence electrons. The number of aliphatic carboxylic acids is 2. The molecule has 0 unspecified atom stereocenters. The number of aromatic nitrogens is 2. The van der Waals surface area contributed by atoms with E-state index in [1.54, 1.807) is 0 Å². The number of pyridine rings is 1. The van der Waals surface area contributed by atoms with E-state index in [4.69, 9.17) is 15.0 Å². The Labute approximate surface area is 256 Å². The average molecular weight is 635 g/mol. The number of nitrogens with zero attached hydrogens (tertiary/aromatic N) is 4. The molecule has 14 nitrogen and oxygen atoms in total. The molecule has 0 saturated carbocycles. The van der Waals surface area contributed by atoms with E-state index in [1.807, 2.05) is 47.2 Å². The number of nitrogen functional groups attached to an aromatic ring is 1. The lowest BCUT2D eigenvalue weighted by Crippen LogP contribution is -2.71. The lowest BCUT2D eigenvalue weighted by Gasteiger charge is -2.50. The Balaban J connectivity index is 1.24. The number of hydrogen-bond donors (Lipinski definition) is 3. The summed E-state index contributed by atoms with van der Waals surface area (Å²) >= 11 is 2.29. The summed E-state index contributed by atoms with van der Waals surface area (Å²) < 4.78 is 7.00. The van der Waals surface area contributed by atoms with Gasteiger partial charge in [-0.15, -0.1) is 23.1 Å². The monoisotopic (exact) mass is 634 g/mol. The largest absolute Gasteiger partial charge is 0.543 e. The van der Waals surface area contributed by atoms with Gasteiger partial charge in [0.2, 0.25) is 5.52 Å². The predicted octanol–water partition coefficient (Wildman–Crippen LogP) is 0.410. The van der Waals surface area contributed by atoms with E-state index in [2.05, 4.69) is 15.5 Å². The second kappa shape index (κ2) is 11.8.